The van der Waals surface area contributed by atoms with Crippen LogP contribution in [0.3, 0.4) is 0 Å². The van der Waals surface area contributed by atoms with E-state index < -0.39 is 189 Å². The summed E-state index contributed by atoms with van der Waals surface area (Å²) in [5.74, 6) is -38.3. The molecule has 8 bridgehead atoms. The summed E-state index contributed by atoms with van der Waals surface area (Å²) >= 11 is 0. The first-order chi connectivity index (χ1) is 33.8. The summed E-state index contributed by atoms with van der Waals surface area (Å²) in [7, 11) is 0. The van der Waals surface area contributed by atoms with Crippen molar-refractivity contribution in [3.05, 3.63) is 200 Å². The van der Waals surface area contributed by atoms with Crippen LogP contribution < -0.4 is 15.0 Å². The van der Waals surface area contributed by atoms with Crippen LogP contribution in [0.1, 0.15) is 11.4 Å². The van der Waals surface area contributed by atoms with Crippen LogP contribution in [0, 0.1) is 97.4 Å². The van der Waals surface area contributed by atoms with Gasteiger partial charge in [0.2, 0.25) is 17.5 Å². The van der Waals surface area contributed by atoms with Crippen LogP contribution in [0.15, 0.2) is 91.5 Å². The number of halogens is 15. The van der Waals surface area contributed by atoms with Crippen LogP contribution in [0.25, 0.3) is 66.5 Å². The zero-order valence-electron chi connectivity index (χ0n) is 35.3. The maximum Gasteiger partial charge on any atom is 3.00 e. The predicted molar refractivity (Wildman–Crippen MR) is 227 cm³/mol. The SMILES string of the molecule is O=[N+]([O-])c1cc2[n-]c1c(-c1c(F)c(F)c(F)c(F)c1F)c1ccc([n-]1)c(-c1c(F)c(F)c(F)c(F)c1F)c1nc(c(-c3c(F)c(F)c(F)c(F)c3F)c3ccc2[n-]3)CC1.[Ga+3].c1ccncc1.c1ccncc1. The molecule has 9 aromatic rings. The minimum absolute atomic E-state index is 0. The van der Waals surface area contributed by atoms with Crippen molar-refractivity contribution < 1.29 is 70.8 Å². The van der Waals surface area contributed by atoms with E-state index in [-0.39, 0.29) is 19.8 Å². The fraction of sp³-hybridized carbons (Fsp3) is 0.0426. The summed E-state index contributed by atoms with van der Waals surface area (Å²) < 4.78 is 224. The van der Waals surface area contributed by atoms with Gasteiger partial charge in [0.1, 0.15) is 0 Å². The number of pyridine rings is 2. The fourth-order valence-corrected chi connectivity index (χ4v) is 7.33. The van der Waals surface area contributed by atoms with E-state index >= 15 is 26.3 Å². The molecule has 0 N–H and O–H groups in total. The number of nitrogens with zero attached hydrogens (tertiary/aromatic N) is 7. The molecule has 0 saturated carbocycles. The van der Waals surface area contributed by atoms with Crippen LogP contribution in [-0.2, 0) is 12.8 Å². The van der Waals surface area contributed by atoms with Crippen molar-refractivity contribution in [2.45, 2.75) is 12.8 Å². The van der Waals surface area contributed by atoms with Crippen molar-refractivity contribution in [2.75, 3.05) is 0 Å². The summed E-state index contributed by atoms with van der Waals surface area (Å²) in [6, 6.07) is 15.0. The second-order valence-corrected chi connectivity index (χ2v) is 14.6. The number of hydrogen-bond donors (Lipinski definition) is 0. The van der Waals surface area contributed by atoms with E-state index in [1.165, 1.54) is 0 Å². The van der Waals surface area contributed by atoms with Gasteiger partial charge in [-0.15, -0.1) is 22.1 Å². The molecule has 0 unspecified atom stereocenters. The molecule has 0 spiro atoms. The van der Waals surface area contributed by atoms with E-state index in [0.717, 1.165) is 12.1 Å². The van der Waals surface area contributed by atoms with Crippen LogP contribution in [0.2, 0.25) is 0 Å². The third kappa shape index (κ3) is 9.10. The molecule has 0 fully saturated rings. The normalized spacial score (nSPS) is 11.4. The fourth-order valence-electron chi connectivity index (χ4n) is 7.33. The van der Waals surface area contributed by atoms with E-state index in [1.807, 2.05) is 36.4 Å². The average Bonchev–Trinajstić information content (AvgIpc) is 4.24. The Kier molecular flexibility index (Phi) is 14.9. The Morgan fingerprint density at radius 2 is 0.694 bits per heavy atom. The third-order valence-corrected chi connectivity index (χ3v) is 10.5. The maximum atomic E-state index is 15.6. The summed E-state index contributed by atoms with van der Waals surface area (Å²) in [6.45, 7) is 0. The Balaban J connectivity index is 0.000000513. The molecule has 10 rings (SSSR count). The van der Waals surface area contributed by atoms with Crippen molar-refractivity contribution in [3.63, 3.8) is 0 Å². The van der Waals surface area contributed by atoms with Gasteiger partial charge in [0.05, 0.1) is 21.6 Å². The Bertz CT molecular complexity index is 3550. The first-order valence-electron chi connectivity index (χ1n) is 19.8. The van der Waals surface area contributed by atoms with Gasteiger partial charge in [-0.05, 0) is 65.4 Å². The van der Waals surface area contributed by atoms with E-state index in [0.29, 0.717) is 18.2 Å². The van der Waals surface area contributed by atoms with Gasteiger partial charge in [-0.25, -0.2) is 65.9 Å². The van der Waals surface area contributed by atoms with Crippen molar-refractivity contribution in [1.82, 2.24) is 29.9 Å². The molecule has 6 aromatic heterocycles. The Morgan fingerprint density at radius 3 is 1.01 bits per heavy atom. The predicted octanol–water partition coefficient (Wildman–Crippen LogP) is 12.0. The van der Waals surface area contributed by atoms with Crippen molar-refractivity contribution in [3.8, 4) is 33.4 Å². The van der Waals surface area contributed by atoms with Gasteiger partial charge in [-0.2, -0.15) is 5.52 Å². The molecule has 1 aliphatic rings. The molecule has 7 heterocycles. The van der Waals surface area contributed by atoms with Crippen molar-refractivity contribution in [2.24, 2.45) is 0 Å². The van der Waals surface area contributed by atoms with Gasteiger partial charge in [0.15, 0.2) is 69.8 Å². The van der Waals surface area contributed by atoms with E-state index in [2.05, 4.69) is 29.9 Å². The second-order valence-electron chi connectivity index (χ2n) is 14.6. The molecule has 3 aromatic carbocycles. The number of benzene rings is 3. The average molecular weight is 1070 g/mol. The van der Waals surface area contributed by atoms with Gasteiger partial charge < -0.3 is 15.0 Å². The van der Waals surface area contributed by atoms with Crippen LogP contribution in [0.5, 0.6) is 0 Å². The molecule has 0 atom stereocenters. The minimum Gasteiger partial charge on any atom is -0.658 e. The van der Waals surface area contributed by atoms with E-state index in [1.54, 1.807) is 24.8 Å². The monoisotopic (exact) mass is 1070 g/mol. The summed E-state index contributed by atoms with van der Waals surface area (Å²) in [4.78, 5) is 34.6. The third-order valence-electron chi connectivity index (χ3n) is 10.5. The molecule has 72 heavy (non-hydrogen) atoms. The molecule has 9 nitrogen and oxygen atoms in total. The Morgan fingerprint density at radius 1 is 0.389 bits per heavy atom. The van der Waals surface area contributed by atoms with Gasteiger partial charge in [-0.3, -0.25) is 25.1 Å². The van der Waals surface area contributed by atoms with Gasteiger partial charge in [0, 0.05) is 36.2 Å². The molecule has 25 heteroatoms. The van der Waals surface area contributed by atoms with E-state index in [9.17, 15) is 49.6 Å². The summed E-state index contributed by atoms with van der Waals surface area (Å²) in [6.07, 6.45) is 5.63. The summed E-state index contributed by atoms with van der Waals surface area (Å²) in [5, 5.41) is 12.4. The Hall–Kier alpha value is -8.06. The molecule has 0 radical (unpaired) electrons. The minimum atomic E-state index is -2.68. The number of aryl methyl sites for hydroxylation is 2. The molecule has 1 aliphatic heterocycles. The van der Waals surface area contributed by atoms with Crippen molar-refractivity contribution in [1.29, 1.82) is 0 Å². The molecule has 0 amide bonds. The topological polar surface area (TPSA) is 124 Å². The summed E-state index contributed by atoms with van der Waals surface area (Å²) in [5.41, 5.74) is -16.7. The standard InChI is InChI=1S/C37H9F15N5O2.2C5H5N.Ga/c38-22-19(23(39)29(45)34(50)28(22)44)16-9-2-1-8(53-9)14-7-15(57(58)59)37(56-14)18(21-26(42)32(48)36(52)33(49)27(21)43)13-6-5-12(55-13)17(11-4-3-10(16)54-11)20-24(40)30(46)35(51)31(47)25(20)41;2*1-2-4-6-5-3-1;/h1-2,5-7H,3-4H2;2*1-5H;/q-3;;;+3. The number of fused-ring (bicyclic) bond motifs is 9. The molecule has 362 valence electrons. The molecule has 0 aliphatic carbocycles. The molecular weight excluding hydrogens is 1050 g/mol. The molecular formula is C47H19F15GaN7O2. The quantitative estimate of drug-likeness (QED) is 0.0426. The number of nitro groups is 1. The Labute approximate surface area is 404 Å². The zero-order chi connectivity index (χ0) is 51.2. The molecule has 0 saturated heterocycles. The van der Waals surface area contributed by atoms with Crippen LogP contribution >= 0.6 is 0 Å². The van der Waals surface area contributed by atoms with Gasteiger partial charge in [0.25, 0.3) is 5.69 Å². The first-order valence-corrected chi connectivity index (χ1v) is 19.8. The smallest absolute Gasteiger partial charge is 0.658 e. The number of aromatic nitrogens is 6. The van der Waals surface area contributed by atoms with Crippen LogP contribution in [0.4, 0.5) is 71.5 Å². The van der Waals surface area contributed by atoms with Gasteiger partial charge >= 0.3 is 19.8 Å². The largest absolute Gasteiger partial charge is 3.00 e. The van der Waals surface area contributed by atoms with Gasteiger partial charge in [-0.1, -0.05) is 36.4 Å². The zero-order valence-corrected chi connectivity index (χ0v) is 37.7. The number of hydrogen-bond acceptors (Lipinski definition) is 5. The maximum absolute atomic E-state index is 15.6. The van der Waals surface area contributed by atoms with E-state index in [4.69, 9.17) is 0 Å². The van der Waals surface area contributed by atoms with Crippen LogP contribution in [-0.4, -0.2) is 39.7 Å². The van der Waals surface area contributed by atoms with Crippen molar-refractivity contribution >= 4 is 58.6 Å². The second kappa shape index (κ2) is 20.7. The number of rotatable bonds is 4. The first kappa shape index (κ1) is 51.8.